The van der Waals surface area contributed by atoms with Gasteiger partial charge < -0.3 is 43.4 Å². The minimum Gasteiger partial charge on any atom is -0.481 e. The van der Waals surface area contributed by atoms with Crippen LogP contribution in [-0.2, 0) is 33.6 Å². The number of hydrogen-bond acceptors (Lipinski definition) is 8. The van der Waals surface area contributed by atoms with Crippen molar-refractivity contribution in [3.8, 4) is 0 Å². The Morgan fingerprint density at radius 1 is 0.697 bits per heavy atom. The van der Waals surface area contributed by atoms with E-state index in [1.54, 1.807) is 13.8 Å². The molecular formula is C18H30N6O9. The second-order valence-electron chi connectivity index (χ2n) is 7.70. The molecule has 15 heteroatoms. The molecule has 0 aromatic carbocycles. The van der Waals surface area contributed by atoms with Crippen molar-refractivity contribution in [1.82, 2.24) is 16.0 Å². The van der Waals surface area contributed by atoms with Crippen LogP contribution in [0.3, 0.4) is 0 Å². The topological polar surface area (TPSA) is 274 Å². The zero-order valence-electron chi connectivity index (χ0n) is 18.2. The second kappa shape index (κ2) is 13.6. The zero-order valence-corrected chi connectivity index (χ0v) is 18.2. The molecule has 33 heavy (non-hydrogen) atoms. The quantitative estimate of drug-likeness (QED) is 0.114. The highest BCUT2D eigenvalue weighted by molar-refractivity contribution is 5.97. The third kappa shape index (κ3) is 12.0. The molecule has 0 fully saturated rings. The van der Waals surface area contributed by atoms with Crippen molar-refractivity contribution < 1.29 is 43.8 Å². The van der Waals surface area contributed by atoms with E-state index in [1.807, 2.05) is 0 Å². The van der Waals surface area contributed by atoms with E-state index in [9.17, 15) is 33.6 Å². The number of hydrogen-bond donors (Lipinski definition) is 8. The van der Waals surface area contributed by atoms with Crippen LogP contribution in [0, 0.1) is 5.92 Å². The first-order chi connectivity index (χ1) is 15.1. The van der Waals surface area contributed by atoms with Crippen LogP contribution in [0.4, 0.5) is 0 Å². The van der Waals surface area contributed by atoms with Gasteiger partial charge in [0.25, 0.3) is 0 Å². The summed E-state index contributed by atoms with van der Waals surface area (Å²) in [5.41, 5.74) is 15.5. The molecule has 0 bridgehead atoms. The molecule has 5 amide bonds. The summed E-state index contributed by atoms with van der Waals surface area (Å²) in [6.45, 7) is 3.41. The summed E-state index contributed by atoms with van der Waals surface area (Å²) in [5.74, 6) is -8.04. The van der Waals surface area contributed by atoms with E-state index in [2.05, 4.69) is 16.0 Å². The Morgan fingerprint density at radius 2 is 1.12 bits per heavy atom. The maximum Gasteiger partial charge on any atom is 0.326 e. The molecule has 0 aliphatic heterocycles. The normalized spacial score (nSPS) is 14.3. The molecule has 0 spiro atoms. The number of amides is 5. The van der Waals surface area contributed by atoms with Gasteiger partial charge in [-0.25, -0.2) is 4.79 Å². The van der Waals surface area contributed by atoms with Gasteiger partial charge in [-0.2, -0.15) is 0 Å². The summed E-state index contributed by atoms with van der Waals surface area (Å²) in [6, 6.07) is -6.06. The fourth-order valence-electron chi connectivity index (χ4n) is 2.62. The van der Waals surface area contributed by atoms with Crippen LogP contribution in [0.1, 0.15) is 39.5 Å². The molecule has 0 heterocycles. The maximum atomic E-state index is 12.7. The third-order valence-corrected chi connectivity index (χ3v) is 4.13. The van der Waals surface area contributed by atoms with Gasteiger partial charge >= 0.3 is 11.9 Å². The number of nitrogens with two attached hydrogens (primary N) is 3. The van der Waals surface area contributed by atoms with Gasteiger partial charge in [-0.3, -0.25) is 28.8 Å². The molecule has 0 saturated heterocycles. The molecule has 0 radical (unpaired) electrons. The zero-order chi connectivity index (χ0) is 25.9. The van der Waals surface area contributed by atoms with Gasteiger partial charge in [-0.1, -0.05) is 13.8 Å². The van der Waals surface area contributed by atoms with Crippen LogP contribution in [0.25, 0.3) is 0 Å². The van der Waals surface area contributed by atoms with Crippen LogP contribution in [-0.4, -0.2) is 75.9 Å². The molecule has 0 aliphatic carbocycles. The van der Waals surface area contributed by atoms with E-state index in [-0.39, 0.29) is 12.3 Å². The monoisotopic (exact) mass is 474 g/mol. The third-order valence-electron chi connectivity index (χ3n) is 4.13. The predicted molar refractivity (Wildman–Crippen MR) is 111 cm³/mol. The number of primary amides is 2. The van der Waals surface area contributed by atoms with Gasteiger partial charge in [0.05, 0.1) is 25.3 Å². The van der Waals surface area contributed by atoms with E-state index in [0.717, 1.165) is 0 Å². The summed E-state index contributed by atoms with van der Waals surface area (Å²) in [6.07, 6.45) is -2.10. The van der Waals surface area contributed by atoms with Crippen LogP contribution in [0.5, 0.6) is 0 Å². The number of nitrogens with one attached hydrogen (secondary N) is 3. The van der Waals surface area contributed by atoms with E-state index in [1.165, 1.54) is 0 Å². The van der Waals surface area contributed by atoms with E-state index < -0.39 is 84.9 Å². The minimum atomic E-state index is -1.64. The van der Waals surface area contributed by atoms with E-state index >= 15 is 0 Å². The second-order valence-corrected chi connectivity index (χ2v) is 7.70. The lowest BCUT2D eigenvalue weighted by molar-refractivity contribution is -0.144. The predicted octanol–water partition coefficient (Wildman–Crippen LogP) is -3.88. The van der Waals surface area contributed by atoms with E-state index in [4.69, 9.17) is 27.4 Å². The Balaban J connectivity index is 5.56. The number of carboxylic acid groups (broad SMARTS) is 2. The van der Waals surface area contributed by atoms with Gasteiger partial charge in [0.1, 0.15) is 18.1 Å². The van der Waals surface area contributed by atoms with Gasteiger partial charge in [0, 0.05) is 0 Å². The number of carboxylic acids is 2. The lowest BCUT2D eigenvalue weighted by atomic mass is 10.0. The molecule has 0 aromatic heterocycles. The van der Waals surface area contributed by atoms with E-state index in [0.29, 0.717) is 0 Å². The highest BCUT2D eigenvalue weighted by Crippen LogP contribution is 2.07. The average molecular weight is 474 g/mol. The van der Waals surface area contributed by atoms with Crippen molar-refractivity contribution in [2.75, 3.05) is 0 Å². The molecule has 0 aromatic rings. The van der Waals surface area contributed by atoms with Crippen LogP contribution in [0.15, 0.2) is 0 Å². The SMILES string of the molecule is CC(C)CC(NC(=O)C(CC(N)=O)NC(=O)C(N)CC(=O)O)C(=O)NC(CC(N)=O)C(=O)O. The first kappa shape index (κ1) is 29.2. The van der Waals surface area contributed by atoms with Gasteiger partial charge in [-0.05, 0) is 12.3 Å². The lowest BCUT2D eigenvalue weighted by Gasteiger charge is -2.25. The Bertz CT molecular complexity index is 785. The van der Waals surface area contributed by atoms with Crippen molar-refractivity contribution in [2.45, 2.75) is 63.7 Å². The standard InChI is InChI=1S/C18H30N6O9/c1-7(2)3-9(16(30)24-11(18(32)33)6-13(21)26)23-17(31)10(5-12(20)25)22-15(29)8(19)4-14(27)28/h7-11H,3-6,19H2,1-2H3,(H2,20,25)(H2,21,26)(H,22,29)(H,23,31)(H,24,30)(H,27,28)(H,32,33). The molecule has 0 saturated carbocycles. The molecule has 4 unspecified atom stereocenters. The summed E-state index contributed by atoms with van der Waals surface area (Å²) in [4.78, 5) is 81.7. The number of carbonyl (C=O) groups is 7. The summed E-state index contributed by atoms with van der Waals surface area (Å²) >= 11 is 0. The van der Waals surface area contributed by atoms with Crippen molar-refractivity contribution in [3.05, 3.63) is 0 Å². The largest absolute Gasteiger partial charge is 0.481 e. The first-order valence-electron chi connectivity index (χ1n) is 9.81. The average Bonchev–Trinajstić information content (AvgIpc) is 2.64. The van der Waals surface area contributed by atoms with Crippen molar-refractivity contribution in [2.24, 2.45) is 23.1 Å². The summed E-state index contributed by atoms with van der Waals surface area (Å²) < 4.78 is 0. The Morgan fingerprint density at radius 3 is 1.55 bits per heavy atom. The smallest absolute Gasteiger partial charge is 0.326 e. The summed E-state index contributed by atoms with van der Waals surface area (Å²) in [5, 5.41) is 24.4. The number of carbonyl (C=O) groups excluding carboxylic acids is 5. The highest BCUT2D eigenvalue weighted by atomic mass is 16.4. The molecule has 0 rings (SSSR count). The fourth-order valence-corrected chi connectivity index (χ4v) is 2.62. The Hall–Kier alpha value is -3.75. The minimum absolute atomic E-state index is 0.0241. The van der Waals surface area contributed by atoms with Crippen molar-refractivity contribution in [1.29, 1.82) is 0 Å². The number of aliphatic carboxylic acids is 2. The molecule has 11 N–H and O–H groups in total. The molecular weight excluding hydrogens is 444 g/mol. The van der Waals surface area contributed by atoms with Crippen LogP contribution < -0.4 is 33.2 Å². The van der Waals surface area contributed by atoms with Crippen molar-refractivity contribution in [3.63, 3.8) is 0 Å². The van der Waals surface area contributed by atoms with Gasteiger partial charge in [-0.15, -0.1) is 0 Å². The maximum absolute atomic E-state index is 12.7. The first-order valence-corrected chi connectivity index (χ1v) is 9.81. The Labute approximate surface area is 188 Å². The molecule has 186 valence electrons. The molecule has 0 aliphatic rings. The summed E-state index contributed by atoms with van der Waals surface area (Å²) in [7, 11) is 0. The fraction of sp³-hybridized carbons (Fsp3) is 0.611. The van der Waals surface area contributed by atoms with Gasteiger partial charge in [0.15, 0.2) is 0 Å². The lowest BCUT2D eigenvalue weighted by Crippen LogP contribution is -2.58. The Kier molecular flexibility index (Phi) is 12.1. The van der Waals surface area contributed by atoms with Crippen molar-refractivity contribution >= 4 is 41.5 Å². The number of rotatable bonds is 15. The van der Waals surface area contributed by atoms with Gasteiger partial charge in [0.2, 0.25) is 29.5 Å². The van der Waals surface area contributed by atoms with Crippen LogP contribution in [0.2, 0.25) is 0 Å². The molecule has 15 nitrogen and oxygen atoms in total. The molecule has 4 atom stereocenters. The van der Waals surface area contributed by atoms with Crippen LogP contribution >= 0.6 is 0 Å². The highest BCUT2D eigenvalue weighted by Gasteiger charge is 2.32.